The van der Waals surface area contributed by atoms with Gasteiger partial charge in [-0.1, -0.05) is 6.07 Å². The van der Waals surface area contributed by atoms with E-state index >= 15 is 0 Å². The van der Waals surface area contributed by atoms with E-state index in [1.165, 1.54) is 12.8 Å². The van der Waals surface area contributed by atoms with E-state index in [0.29, 0.717) is 12.0 Å². The van der Waals surface area contributed by atoms with Crippen LogP contribution in [0.1, 0.15) is 12.8 Å². The van der Waals surface area contributed by atoms with Crippen LogP contribution in [0.2, 0.25) is 0 Å². The molecule has 0 amide bonds. The standard InChI is InChI=1S/C16H15N5/c1-2-11-10-13(5-6-14(11)17-8-1)20-16-18-9-7-15(21-16)19-12-3-4-12/h1-2,5-10,12H,3-4H2,(H2,18,19,20,21). The maximum Gasteiger partial charge on any atom is 0.229 e. The molecule has 21 heavy (non-hydrogen) atoms. The number of nitrogens with zero attached hydrogens (tertiary/aromatic N) is 3. The van der Waals surface area contributed by atoms with Crippen molar-refractivity contribution in [3.8, 4) is 0 Å². The summed E-state index contributed by atoms with van der Waals surface area (Å²) in [6.45, 7) is 0. The molecule has 1 aromatic carbocycles. The summed E-state index contributed by atoms with van der Waals surface area (Å²) >= 11 is 0. The first-order valence-corrected chi connectivity index (χ1v) is 7.08. The van der Waals surface area contributed by atoms with Crippen molar-refractivity contribution >= 4 is 28.4 Å². The third-order valence-corrected chi connectivity index (χ3v) is 3.44. The number of nitrogens with one attached hydrogen (secondary N) is 2. The number of rotatable bonds is 4. The largest absolute Gasteiger partial charge is 0.367 e. The molecule has 104 valence electrons. The minimum atomic E-state index is 0.583. The summed E-state index contributed by atoms with van der Waals surface area (Å²) in [5, 5.41) is 7.70. The highest BCUT2D eigenvalue weighted by atomic mass is 15.1. The van der Waals surface area contributed by atoms with E-state index in [-0.39, 0.29) is 0 Å². The fourth-order valence-corrected chi connectivity index (χ4v) is 2.22. The first kappa shape index (κ1) is 12.1. The van der Waals surface area contributed by atoms with Crippen LogP contribution in [0.4, 0.5) is 17.5 Å². The second-order valence-corrected chi connectivity index (χ2v) is 5.22. The average Bonchev–Trinajstić information content (AvgIpc) is 3.31. The molecule has 1 fully saturated rings. The van der Waals surface area contributed by atoms with Crippen LogP contribution in [0.15, 0.2) is 48.8 Å². The predicted molar refractivity (Wildman–Crippen MR) is 83.7 cm³/mol. The van der Waals surface area contributed by atoms with Crippen molar-refractivity contribution in [3.05, 3.63) is 48.8 Å². The van der Waals surface area contributed by atoms with E-state index in [0.717, 1.165) is 22.4 Å². The fourth-order valence-electron chi connectivity index (χ4n) is 2.22. The quantitative estimate of drug-likeness (QED) is 0.765. The Hall–Kier alpha value is -2.69. The molecular weight excluding hydrogens is 262 g/mol. The molecule has 2 N–H and O–H groups in total. The molecular formula is C16H15N5. The molecule has 3 aromatic rings. The molecule has 2 heterocycles. The summed E-state index contributed by atoms with van der Waals surface area (Å²) in [6.07, 6.45) is 6.02. The Kier molecular flexibility index (Phi) is 2.88. The minimum absolute atomic E-state index is 0.583. The van der Waals surface area contributed by atoms with Crippen LogP contribution in [0.25, 0.3) is 10.9 Å². The summed E-state index contributed by atoms with van der Waals surface area (Å²) in [6, 6.07) is 12.5. The number of hydrogen-bond donors (Lipinski definition) is 2. The van der Waals surface area contributed by atoms with E-state index in [1.54, 1.807) is 12.4 Å². The van der Waals surface area contributed by atoms with Crippen LogP contribution in [0.5, 0.6) is 0 Å². The first-order valence-electron chi connectivity index (χ1n) is 7.08. The van der Waals surface area contributed by atoms with Gasteiger partial charge in [0.25, 0.3) is 0 Å². The lowest BCUT2D eigenvalue weighted by Crippen LogP contribution is -2.05. The molecule has 0 spiro atoms. The van der Waals surface area contributed by atoms with E-state index in [2.05, 4.69) is 25.6 Å². The lowest BCUT2D eigenvalue weighted by Gasteiger charge is -2.08. The Morgan fingerprint density at radius 2 is 1.95 bits per heavy atom. The fraction of sp³-hybridized carbons (Fsp3) is 0.188. The van der Waals surface area contributed by atoms with E-state index in [4.69, 9.17) is 0 Å². The summed E-state index contributed by atoms with van der Waals surface area (Å²) in [7, 11) is 0. The van der Waals surface area contributed by atoms with E-state index in [9.17, 15) is 0 Å². The number of pyridine rings is 1. The third-order valence-electron chi connectivity index (χ3n) is 3.44. The van der Waals surface area contributed by atoms with Gasteiger partial charge < -0.3 is 10.6 Å². The van der Waals surface area contributed by atoms with Crippen LogP contribution in [0.3, 0.4) is 0 Å². The molecule has 1 aliphatic carbocycles. The van der Waals surface area contributed by atoms with Gasteiger partial charge in [-0.25, -0.2) is 4.98 Å². The second kappa shape index (κ2) is 5.01. The topological polar surface area (TPSA) is 62.7 Å². The normalized spacial score (nSPS) is 14.1. The van der Waals surface area contributed by atoms with Crippen molar-refractivity contribution in [1.29, 1.82) is 0 Å². The Morgan fingerprint density at radius 1 is 1.00 bits per heavy atom. The predicted octanol–water partition coefficient (Wildman–Crippen LogP) is 3.34. The maximum absolute atomic E-state index is 4.48. The van der Waals surface area contributed by atoms with Gasteiger partial charge in [-0.15, -0.1) is 0 Å². The van der Waals surface area contributed by atoms with Crippen molar-refractivity contribution < 1.29 is 0 Å². The monoisotopic (exact) mass is 277 g/mol. The highest BCUT2D eigenvalue weighted by molar-refractivity contribution is 5.82. The van der Waals surface area contributed by atoms with Crippen molar-refractivity contribution in [2.45, 2.75) is 18.9 Å². The molecule has 0 unspecified atom stereocenters. The van der Waals surface area contributed by atoms with Gasteiger partial charge in [-0.3, -0.25) is 4.98 Å². The number of fused-ring (bicyclic) bond motifs is 1. The van der Waals surface area contributed by atoms with E-state index in [1.807, 2.05) is 36.4 Å². The van der Waals surface area contributed by atoms with Gasteiger partial charge in [0.05, 0.1) is 5.52 Å². The molecule has 0 radical (unpaired) electrons. The first-order chi connectivity index (χ1) is 10.4. The average molecular weight is 277 g/mol. The molecule has 1 saturated carbocycles. The lowest BCUT2D eigenvalue weighted by molar-refractivity contribution is 1.08. The highest BCUT2D eigenvalue weighted by Gasteiger charge is 2.21. The molecule has 0 saturated heterocycles. The zero-order chi connectivity index (χ0) is 14.1. The number of anilines is 3. The zero-order valence-corrected chi connectivity index (χ0v) is 11.5. The summed E-state index contributed by atoms with van der Waals surface area (Å²) in [5.74, 6) is 1.47. The second-order valence-electron chi connectivity index (χ2n) is 5.22. The van der Waals surface area contributed by atoms with Crippen LogP contribution in [0, 0.1) is 0 Å². The molecule has 0 bridgehead atoms. The van der Waals surface area contributed by atoms with Gasteiger partial charge in [0.15, 0.2) is 0 Å². The Morgan fingerprint density at radius 3 is 2.86 bits per heavy atom. The number of aromatic nitrogens is 3. The van der Waals surface area contributed by atoms with Crippen molar-refractivity contribution in [2.75, 3.05) is 10.6 Å². The SMILES string of the molecule is c1cnc2ccc(Nc3nccc(NC4CC4)n3)cc2c1. The molecule has 2 aromatic heterocycles. The number of hydrogen-bond acceptors (Lipinski definition) is 5. The van der Waals surface area contributed by atoms with Crippen LogP contribution in [-0.4, -0.2) is 21.0 Å². The van der Waals surface area contributed by atoms with Crippen molar-refractivity contribution in [2.24, 2.45) is 0 Å². The molecule has 0 aliphatic heterocycles. The van der Waals surface area contributed by atoms with Crippen LogP contribution < -0.4 is 10.6 Å². The smallest absolute Gasteiger partial charge is 0.229 e. The Labute approximate surface area is 122 Å². The summed E-state index contributed by atoms with van der Waals surface area (Å²) < 4.78 is 0. The van der Waals surface area contributed by atoms with Gasteiger partial charge in [-0.2, -0.15) is 4.98 Å². The zero-order valence-electron chi connectivity index (χ0n) is 11.5. The summed E-state index contributed by atoms with van der Waals surface area (Å²) in [4.78, 5) is 13.1. The molecule has 5 heteroatoms. The van der Waals surface area contributed by atoms with E-state index < -0.39 is 0 Å². The Bertz CT molecular complexity index is 782. The van der Waals surface area contributed by atoms with Gasteiger partial charge in [0.2, 0.25) is 5.95 Å². The molecule has 0 atom stereocenters. The minimum Gasteiger partial charge on any atom is -0.367 e. The third kappa shape index (κ3) is 2.76. The highest BCUT2D eigenvalue weighted by Crippen LogP contribution is 2.24. The van der Waals surface area contributed by atoms with Crippen molar-refractivity contribution in [3.63, 3.8) is 0 Å². The molecule has 4 rings (SSSR count). The maximum atomic E-state index is 4.48. The lowest BCUT2D eigenvalue weighted by atomic mass is 10.2. The molecule has 5 nitrogen and oxygen atoms in total. The van der Waals surface area contributed by atoms with Gasteiger partial charge in [0, 0.05) is 29.5 Å². The van der Waals surface area contributed by atoms with Gasteiger partial charge in [0.1, 0.15) is 5.82 Å². The summed E-state index contributed by atoms with van der Waals surface area (Å²) in [5.41, 5.74) is 1.94. The van der Waals surface area contributed by atoms with Gasteiger partial charge in [-0.05, 0) is 43.2 Å². The van der Waals surface area contributed by atoms with Crippen molar-refractivity contribution in [1.82, 2.24) is 15.0 Å². The molecule has 1 aliphatic rings. The number of benzene rings is 1. The Balaban J connectivity index is 1.58. The van der Waals surface area contributed by atoms with Gasteiger partial charge >= 0.3 is 0 Å². The van der Waals surface area contributed by atoms with Crippen LogP contribution >= 0.6 is 0 Å². The van der Waals surface area contributed by atoms with Crippen LogP contribution in [-0.2, 0) is 0 Å².